The third kappa shape index (κ3) is 5.58. The summed E-state index contributed by atoms with van der Waals surface area (Å²) in [6.07, 6.45) is 0. The lowest BCUT2D eigenvalue weighted by atomic mass is 10.1. The van der Waals surface area contributed by atoms with Crippen LogP contribution in [0.25, 0.3) is 0 Å². The Bertz CT molecular complexity index is 945. The number of para-hydroxylation sites is 1. The second-order valence-corrected chi connectivity index (χ2v) is 7.62. The Labute approximate surface area is 169 Å². The minimum Gasteiger partial charge on any atom is -0.484 e. The van der Waals surface area contributed by atoms with Crippen LogP contribution in [0, 0.1) is 13.8 Å². The molecule has 1 aromatic heterocycles. The highest BCUT2D eigenvalue weighted by atomic mass is 79.9. The third-order valence-electron chi connectivity index (χ3n) is 3.62. The highest BCUT2D eigenvalue weighted by Gasteiger charge is 2.12. The number of anilines is 1. The predicted molar refractivity (Wildman–Crippen MR) is 108 cm³/mol. The quantitative estimate of drug-likeness (QED) is 0.526. The lowest BCUT2D eigenvalue weighted by Crippen LogP contribution is -2.14. The van der Waals surface area contributed by atoms with E-state index in [4.69, 9.17) is 9.15 Å². The Morgan fingerprint density at radius 1 is 1.22 bits per heavy atom. The molecule has 0 radical (unpaired) electrons. The van der Waals surface area contributed by atoms with Crippen molar-refractivity contribution in [2.24, 2.45) is 0 Å². The van der Waals surface area contributed by atoms with Crippen LogP contribution in [-0.4, -0.2) is 21.9 Å². The van der Waals surface area contributed by atoms with E-state index in [1.807, 2.05) is 56.3 Å². The van der Waals surface area contributed by atoms with Crippen LogP contribution in [0.5, 0.6) is 5.75 Å². The van der Waals surface area contributed by atoms with Gasteiger partial charge in [0.25, 0.3) is 11.1 Å². The molecule has 2 aromatic carbocycles. The van der Waals surface area contributed by atoms with Crippen molar-refractivity contribution >= 4 is 39.3 Å². The van der Waals surface area contributed by atoms with Gasteiger partial charge in [-0.05, 0) is 59.1 Å². The lowest BCUT2D eigenvalue weighted by Gasteiger charge is -2.07. The third-order valence-corrected chi connectivity index (χ3v) is 5.13. The molecule has 0 aliphatic rings. The molecule has 1 heterocycles. The molecule has 0 aliphatic heterocycles. The van der Waals surface area contributed by atoms with E-state index in [1.165, 1.54) is 11.8 Å². The number of thioether (sulfide) groups is 1. The summed E-state index contributed by atoms with van der Waals surface area (Å²) in [6.45, 7) is 4.17. The molecule has 27 heavy (non-hydrogen) atoms. The molecule has 3 aromatic rings. The van der Waals surface area contributed by atoms with Crippen molar-refractivity contribution in [3.05, 3.63) is 64.0 Å². The summed E-state index contributed by atoms with van der Waals surface area (Å²) in [7, 11) is 0. The molecule has 0 atom stereocenters. The number of hydrogen-bond acceptors (Lipinski definition) is 6. The number of nitrogens with one attached hydrogen (secondary N) is 1. The van der Waals surface area contributed by atoms with Crippen molar-refractivity contribution in [2.75, 3.05) is 11.1 Å². The number of hydrogen-bond donors (Lipinski definition) is 1. The van der Waals surface area contributed by atoms with Crippen LogP contribution >= 0.6 is 27.7 Å². The Morgan fingerprint density at radius 3 is 2.85 bits per heavy atom. The van der Waals surface area contributed by atoms with Gasteiger partial charge in [-0.3, -0.25) is 4.79 Å². The van der Waals surface area contributed by atoms with Crippen molar-refractivity contribution in [3.8, 4) is 5.75 Å². The first kappa shape index (κ1) is 19.4. The summed E-state index contributed by atoms with van der Waals surface area (Å²) in [5.41, 5.74) is 2.88. The van der Waals surface area contributed by atoms with Crippen LogP contribution < -0.4 is 10.1 Å². The van der Waals surface area contributed by atoms with Crippen molar-refractivity contribution in [2.45, 2.75) is 25.7 Å². The van der Waals surface area contributed by atoms with Gasteiger partial charge in [0.05, 0.1) is 11.4 Å². The van der Waals surface area contributed by atoms with Gasteiger partial charge >= 0.3 is 0 Å². The minimum absolute atomic E-state index is 0.154. The predicted octanol–water partition coefficient (Wildman–Crippen LogP) is 4.76. The largest absolute Gasteiger partial charge is 0.484 e. The summed E-state index contributed by atoms with van der Waals surface area (Å²) >= 11 is 4.57. The maximum absolute atomic E-state index is 12.1. The van der Waals surface area contributed by atoms with Crippen molar-refractivity contribution in [3.63, 3.8) is 0 Å². The van der Waals surface area contributed by atoms with Crippen LogP contribution in [-0.2, 0) is 11.4 Å². The van der Waals surface area contributed by atoms with Crippen molar-refractivity contribution in [1.82, 2.24) is 10.2 Å². The van der Waals surface area contributed by atoms with Crippen LogP contribution in [0.1, 0.15) is 17.0 Å². The fourth-order valence-corrected chi connectivity index (χ4v) is 3.20. The Kier molecular flexibility index (Phi) is 6.52. The monoisotopic (exact) mass is 447 g/mol. The van der Waals surface area contributed by atoms with Gasteiger partial charge in [-0.15, -0.1) is 10.2 Å². The molecule has 0 bridgehead atoms. The zero-order chi connectivity index (χ0) is 19.2. The standard InChI is InChI=1S/C19H18BrN3O3S/c1-12-7-8-13(2)16(9-12)25-10-18-22-23-19(26-18)27-11-17(24)21-15-6-4-3-5-14(15)20/h3-9H,10-11H2,1-2H3,(H,21,24). The minimum atomic E-state index is -0.154. The van der Waals surface area contributed by atoms with Crippen LogP contribution in [0.2, 0.25) is 0 Å². The first-order valence-corrected chi connectivity index (χ1v) is 9.99. The summed E-state index contributed by atoms with van der Waals surface area (Å²) in [4.78, 5) is 12.1. The number of halogens is 1. The van der Waals surface area contributed by atoms with E-state index in [0.29, 0.717) is 11.1 Å². The molecule has 0 aliphatic carbocycles. The normalized spacial score (nSPS) is 10.6. The van der Waals surface area contributed by atoms with Gasteiger partial charge in [-0.25, -0.2) is 0 Å². The molecule has 6 nitrogen and oxygen atoms in total. The van der Waals surface area contributed by atoms with Gasteiger partial charge < -0.3 is 14.5 Å². The molecule has 140 valence electrons. The molecular formula is C19H18BrN3O3S. The number of rotatable bonds is 7. The summed E-state index contributed by atoms with van der Waals surface area (Å²) in [6, 6.07) is 13.4. The van der Waals surface area contributed by atoms with Gasteiger partial charge in [-0.2, -0.15) is 0 Å². The van der Waals surface area contributed by atoms with Crippen LogP contribution in [0.4, 0.5) is 5.69 Å². The van der Waals surface area contributed by atoms with E-state index in [0.717, 1.165) is 27.0 Å². The molecule has 1 amide bonds. The van der Waals surface area contributed by atoms with Gasteiger partial charge in [0.2, 0.25) is 5.91 Å². The molecule has 0 fully saturated rings. The fourth-order valence-electron chi connectivity index (χ4n) is 2.23. The molecule has 3 rings (SSSR count). The van der Waals surface area contributed by atoms with E-state index in [-0.39, 0.29) is 18.3 Å². The molecule has 1 N–H and O–H groups in total. The van der Waals surface area contributed by atoms with Crippen LogP contribution in [0.3, 0.4) is 0 Å². The second kappa shape index (κ2) is 9.05. The average molecular weight is 448 g/mol. The Hall–Kier alpha value is -2.32. The number of benzene rings is 2. The smallest absolute Gasteiger partial charge is 0.277 e. The van der Waals surface area contributed by atoms with E-state index < -0.39 is 0 Å². The topological polar surface area (TPSA) is 77.2 Å². The highest BCUT2D eigenvalue weighted by molar-refractivity contribution is 9.10. The van der Waals surface area contributed by atoms with Crippen LogP contribution in [0.15, 0.2) is 56.6 Å². The molecule has 0 saturated carbocycles. The van der Waals surface area contributed by atoms with E-state index in [1.54, 1.807) is 0 Å². The maximum atomic E-state index is 12.1. The number of amides is 1. The first-order valence-electron chi connectivity index (χ1n) is 8.21. The summed E-state index contributed by atoms with van der Waals surface area (Å²) < 4.78 is 12.1. The van der Waals surface area contributed by atoms with Crippen molar-refractivity contribution < 1.29 is 13.9 Å². The molecule has 0 saturated heterocycles. The van der Waals surface area contributed by atoms with Gasteiger partial charge in [0.1, 0.15) is 5.75 Å². The molecule has 0 unspecified atom stereocenters. The summed E-state index contributed by atoms with van der Waals surface area (Å²) in [5, 5.41) is 11.1. The fraction of sp³-hybridized carbons (Fsp3) is 0.211. The average Bonchev–Trinajstić information content (AvgIpc) is 3.11. The highest BCUT2D eigenvalue weighted by Crippen LogP contribution is 2.23. The number of carbonyl (C=O) groups excluding carboxylic acids is 1. The van der Waals surface area contributed by atoms with Gasteiger partial charge in [-0.1, -0.05) is 36.0 Å². The SMILES string of the molecule is Cc1ccc(C)c(OCc2nnc(SCC(=O)Nc3ccccc3Br)o2)c1. The zero-order valence-electron chi connectivity index (χ0n) is 14.9. The van der Waals surface area contributed by atoms with E-state index in [9.17, 15) is 4.79 Å². The zero-order valence-corrected chi connectivity index (χ0v) is 17.3. The lowest BCUT2D eigenvalue weighted by molar-refractivity contribution is -0.113. The number of aryl methyl sites for hydroxylation is 2. The van der Waals surface area contributed by atoms with E-state index >= 15 is 0 Å². The number of nitrogens with zero attached hydrogens (tertiary/aromatic N) is 2. The summed E-state index contributed by atoms with van der Waals surface area (Å²) in [5.74, 6) is 1.17. The van der Waals surface area contributed by atoms with Gasteiger partial charge in [0, 0.05) is 4.47 Å². The maximum Gasteiger partial charge on any atom is 0.277 e. The number of ether oxygens (including phenoxy) is 1. The molecule has 0 spiro atoms. The Balaban J connectivity index is 1.50. The number of carbonyl (C=O) groups is 1. The first-order chi connectivity index (χ1) is 13.0. The number of aromatic nitrogens is 2. The van der Waals surface area contributed by atoms with E-state index in [2.05, 4.69) is 31.4 Å². The van der Waals surface area contributed by atoms with Crippen molar-refractivity contribution in [1.29, 1.82) is 0 Å². The second-order valence-electron chi connectivity index (χ2n) is 5.84. The molecular weight excluding hydrogens is 430 g/mol. The molecule has 8 heteroatoms. The Morgan fingerprint density at radius 2 is 2.04 bits per heavy atom. The van der Waals surface area contributed by atoms with Gasteiger partial charge in [0.15, 0.2) is 6.61 Å².